The molecule has 3 aromatic carbocycles. The van der Waals surface area contributed by atoms with E-state index in [1.807, 2.05) is 6.92 Å². The first kappa shape index (κ1) is 22.8. The van der Waals surface area contributed by atoms with Crippen LogP contribution in [0.5, 0.6) is 0 Å². The van der Waals surface area contributed by atoms with E-state index in [1.54, 1.807) is 54.6 Å². The average Bonchev–Trinajstić information content (AvgIpc) is 2.74. The van der Waals surface area contributed by atoms with Crippen molar-refractivity contribution < 1.29 is 13.2 Å². The number of hydrogen-bond acceptors (Lipinski definition) is 3. The summed E-state index contributed by atoms with van der Waals surface area (Å²) in [5.74, 6) is -0.461. The Morgan fingerprint density at radius 2 is 1.53 bits per heavy atom. The van der Waals surface area contributed by atoms with Crippen LogP contribution in [0, 0.1) is 6.92 Å². The lowest BCUT2D eigenvalue weighted by atomic mass is 9.98. The molecule has 156 valence electrons. The number of carbonyl (C=O) groups is 1. The summed E-state index contributed by atoms with van der Waals surface area (Å²) in [5, 5.41) is -0.435. The molecule has 0 radical (unpaired) electrons. The van der Waals surface area contributed by atoms with Crippen LogP contribution in [-0.2, 0) is 10.0 Å². The molecule has 30 heavy (non-hydrogen) atoms. The number of rotatable bonds is 7. The molecule has 0 amide bonds. The van der Waals surface area contributed by atoms with E-state index >= 15 is 0 Å². The number of carbonyl (C=O) groups excluding carboxylic acids is 1. The summed E-state index contributed by atoms with van der Waals surface area (Å²) in [4.78, 5) is 13.2. The molecular formula is C22H18Cl3NO3S. The van der Waals surface area contributed by atoms with Crippen LogP contribution in [0.2, 0.25) is 10.0 Å². The normalized spacial score (nSPS) is 13.6. The molecule has 8 heteroatoms. The van der Waals surface area contributed by atoms with Crippen LogP contribution < -0.4 is 4.72 Å². The molecule has 4 nitrogen and oxygen atoms in total. The van der Waals surface area contributed by atoms with E-state index in [0.29, 0.717) is 16.1 Å². The van der Waals surface area contributed by atoms with Gasteiger partial charge in [-0.2, -0.15) is 4.72 Å². The monoisotopic (exact) mass is 481 g/mol. The molecular weight excluding hydrogens is 465 g/mol. The molecule has 0 saturated heterocycles. The minimum atomic E-state index is -4.01. The van der Waals surface area contributed by atoms with Gasteiger partial charge < -0.3 is 0 Å². The van der Waals surface area contributed by atoms with E-state index in [4.69, 9.17) is 34.8 Å². The molecule has 0 saturated carbocycles. The molecule has 0 aromatic heterocycles. The highest BCUT2D eigenvalue weighted by atomic mass is 35.5. The maximum absolute atomic E-state index is 13.2. The highest BCUT2D eigenvalue weighted by Crippen LogP contribution is 2.32. The molecule has 0 bridgehead atoms. The van der Waals surface area contributed by atoms with E-state index < -0.39 is 27.2 Å². The molecule has 0 aliphatic heterocycles. The van der Waals surface area contributed by atoms with Gasteiger partial charge in [0.2, 0.25) is 10.0 Å². The van der Waals surface area contributed by atoms with Crippen LogP contribution in [0.25, 0.3) is 0 Å². The Morgan fingerprint density at radius 3 is 2.13 bits per heavy atom. The molecule has 0 aliphatic carbocycles. The lowest BCUT2D eigenvalue weighted by Crippen LogP contribution is -2.43. The van der Waals surface area contributed by atoms with E-state index in [9.17, 15) is 13.2 Å². The van der Waals surface area contributed by atoms with Crippen LogP contribution in [0.4, 0.5) is 0 Å². The molecule has 0 heterocycles. The van der Waals surface area contributed by atoms with Gasteiger partial charge in [-0.3, -0.25) is 4.79 Å². The van der Waals surface area contributed by atoms with E-state index in [2.05, 4.69) is 4.72 Å². The van der Waals surface area contributed by atoms with Crippen molar-refractivity contribution in [2.24, 2.45) is 0 Å². The molecule has 3 aromatic rings. The Morgan fingerprint density at radius 1 is 0.900 bits per heavy atom. The molecule has 1 N–H and O–H groups in total. The van der Waals surface area contributed by atoms with Crippen LogP contribution in [-0.4, -0.2) is 20.2 Å². The van der Waals surface area contributed by atoms with Crippen molar-refractivity contribution in [1.29, 1.82) is 0 Å². The van der Waals surface area contributed by atoms with Gasteiger partial charge in [0.05, 0.1) is 20.3 Å². The fourth-order valence-corrected chi connectivity index (χ4v) is 4.76. The summed E-state index contributed by atoms with van der Waals surface area (Å²) in [6.45, 7) is 1.85. The third-order valence-electron chi connectivity index (χ3n) is 4.51. The quantitative estimate of drug-likeness (QED) is 0.341. The van der Waals surface area contributed by atoms with Gasteiger partial charge in [-0.1, -0.05) is 77.3 Å². The summed E-state index contributed by atoms with van der Waals surface area (Å²) in [6.07, 6.45) is 0. The largest absolute Gasteiger partial charge is 0.292 e. The predicted molar refractivity (Wildman–Crippen MR) is 121 cm³/mol. The van der Waals surface area contributed by atoms with Crippen molar-refractivity contribution in [2.45, 2.75) is 23.2 Å². The summed E-state index contributed by atoms with van der Waals surface area (Å²) < 4.78 is 28.4. The van der Waals surface area contributed by atoms with Gasteiger partial charge in [-0.25, -0.2) is 8.42 Å². The van der Waals surface area contributed by atoms with Gasteiger partial charge in [-0.15, -0.1) is 11.6 Å². The zero-order valence-corrected chi connectivity index (χ0v) is 18.9. The number of aryl methyl sites for hydroxylation is 1. The molecule has 3 rings (SSSR count). The Bertz CT molecular complexity index is 1150. The molecule has 0 fully saturated rings. The number of sulfonamides is 1. The number of hydrogen-bond donors (Lipinski definition) is 1. The number of halogens is 3. The average molecular weight is 483 g/mol. The minimum Gasteiger partial charge on any atom is -0.292 e. The third-order valence-corrected chi connectivity index (χ3v) is 7.21. The van der Waals surface area contributed by atoms with Crippen LogP contribution in [0.15, 0.2) is 77.7 Å². The summed E-state index contributed by atoms with van der Waals surface area (Å²) in [5.41, 5.74) is 1.71. The van der Waals surface area contributed by atoms with Gasteiger partial charge in [0.25, 0.3) is 0 Å². The zero-order chi connectivity index (χ0) is 21.9. The number of benzene rings is 3. The summed E-state index contributed by atoms with van der Waals surface area (Å²) in [7, 11) is -4.01. The molecule has 0 aliphatic rings. The smallest absolute Gasteiger partial charge is 0.241 e. The van der Waals surface area contributed by atoms with Crippen molar-refractivity contribution in [1.82, 2.24) is 4.72 Å². The van der Waals surface area contributed by atoms with E-state index in [1.165, 1.54) is 18.2 Å². The lowest BCUT2D eigenvalue weighted by molar-refractivity contribution is 0.0951. The van der Waals surface area contributed by atoms with Crippen LogP contribution >= 0.6 is 34.8 Å². The second-order valence-corrected chi connectivity index (χ2v) is 9.72. The number of nitrogens with one attached hydrogen (secondary N) is 1. The van der Waals surface area contributed by atoms with E-state index in [-0.39, 0.29) is 9.92 Å². The van der Waals surface area contributed by atoms with Crippen LogP contribution in [0.1, 0.15) is 26.9 Å². The van der Waals surface area contributed by atoms with Gasteiger partial charge in [0.1, 0.15) is 6.04 Å². The zero-order valence-electron chi connectivity index (χ0n) is 15.8. The van der Waals surface area contributed by atoms with Crippen molar-refractivity contribution >= 4 is 50.6 Å². The SMILES string of the molecule is Cc1ccc(S(=O)(=O)N[C@H](C(=O)c2ccccc2)[C@@H](Cl)c2ccc(Cl)c(Cl)c2)cc1. The Kier molecular flexibility index (Phi) is 7.22. The fourth-order valence-electron chi connectivity index (χ4n) is 2.86. The van der Waals surface area contributed by atoms with E-state index in [0.717, 1.165) is 5.56 Å². The number of alkyl halides is 1. The fraction of sp³-hybridized carbons (Fsp3) is 0.136. The Hall–Kier alpha value is -1.89. The first-order valence-corrected chi connectivity index (χ1v) is 11.6. The maximum Gasteiger partial charge on any atom is 0.241 e. The first-order valence-electron chi connectivity index (χ1n) is 8.96. The summed E-state index contributed by atoms with van der Waals surface area (Å²) in [6, 6.07) is 18.1. The highest BCUT2D eigenvalue weighted by molar-refractivity contribution is 7.89. The molecule has 0 unspecified atom stereocenters. The molecule has 2 atom stereocenters. The topological polar surface area (TPSA) is 63.2 Å². The van der Waals surface area contributed by atoms with Crippen molar-refractivity contribution in [2.75, 3.05) is 0 Å². The van der Waals surface area contributed by atoms with Crippen molar-refractivity contribution in [3.05, 3.63) is 99.5 Å². The second kappa shape index (κ2) is 9.50. The number of Topliss-reactive ketones (excluding diaryl/α,β-unsaturated/α-hetero) is 1. The van der Waals surface area contributed by atoms with Crippen molar-refractivity contribution in [3.8, 4) is 0 Å². The van der Waals surface area contributed by atoms with Gasteiger partial charge >= 0.3 is 0 Å². The minimum absolute atomic E-state index is 0.0389. The van der Waals surface area contributed by atoms with Gasteiger partial charge in [-0.05, 0) is 36.8 Å². The van der Waals surface area contributed by atoms with Gasteiger partial charge in [0, 0.05) is 5.56 Å². The second-order valence-electron chi connectivity index (χ2n) is 6.72. The van der Waals surface area contributed by atoms with Crippen LogP contribution in [0.3, 0.4) is 0 Å². The lowest BCUT2D eigenvalue weighted by Gasteiger charge is -2.23. The number of ketones is 1. The Labute approximate surface area is 190 Å². The predicted octanol–water partition coefficient (Wildman–Crippen LogP) is 5.81. The maximum atomic E-state index is 13.2. The van der Waals surface area contributed by atoms with Gasteiger partial charge in [0.15, 0.2) is 5.78 Å². The Balaban J connectivity index is 2.01. The standard InChI is InChI=1S/C22H18Cl3NO3S/c1-14-7-10-17(11-8-14)30(28,29)26-21(22(27)15-5-3-2-4-6-15)20(25)16-9-12-18(23)19(24)13-16/h2-13,20-21,26H,1H3/t20-,21-/m0/s1. The molecule has 0 spiro atoms. The van der Waals surface area contributed by atoms with Crippen molar-refractivity contribution in [3.63, 3.8) is 0 Å². The highest BCUT2D eigenvalue weighted by Gasteiger charge is 2.33. The first-order chi connectivity index (χ1) is 14.2. The third kappa shape index (κ3) is 5.23. The summed E-state index contributed by atoms with van der Waals surface area (Å²) >= 11 is 18.7.